The third kappa shape index (κ3) is 3.45. The Hall–Kier alpha value is -2.13. The highest BCUT2D eigenvalue weighted by Crippen LogP contribution is 2.19. The fraction of sp³-hybridized carbons (Fsp3) is 0.235. The highest BCUT2D eigenvalue weighted by Gasteiger charge is 2.06. The van der Waals surface area contributed by atoms with Crippen LogP contribution in [0.5, 0.6) is 0 Å². The predicted molar refractivity (Wildman–Crippen MR) is 82.3 cm³/mol. The second kappa shape index (κ2) is 6.87. The Morgan fingerprint density at radius 3 is 2.75 bits per heavy atom. The molecule has 20 heavy (non-hydrogen) atoms. The summed E-state index contributed by atoms with van der Waals surface area (Å²) in [5, 5.41) is 14.1. The minimum atomic E-state index is -0.182. The summed E-state index contributed by atoms with van der Waals surface area (Å²) in [5.41, 5.74) is 1.01. The lowest BCUT2D eigenvalue weighted by Crippen LogP contribution is -2.35. The van der Waals surface area contributed by atoms with Crippen LogP contribution in [-0.4, -0.2) is 23.7 Å². The van der Waals surface area contributed by atoms with E-state index in [0.29, 0.717) is 6.42 Å². The van der Waals surface area contributed by atoms with Gasteiger partial charge in [-0.15, -0.1) is 0 Å². The third-order valence-electron chi connectivity index (χ3n) is 3.30. The first-order valence-electron chi connectivity index (χ1n) is 6.81. The molecule has 3 nitrogen and oxygen atoms in total. The summed E-state index contributed by atoms with van der Waals surface area (Å²) in [6, 6.07) is 13.9. The number of hydrogen-bond acceptors (Lipinski definition) is 2. The van der Waals surface area contributed by atoms with Crippen LogP contribution in [0.1, 0.15) is 18.9 Å². The zero-order valence-corrected chi connectivity index (χ0v) is 11.5. The van der Waals surface area contributed by atoms with Crippen LogP contribution in [0.4, 0.5) is 0 Å². The summed E-state index contributed by atoms with van der Waals surface area (Å²) in [6.45, 7) is 1.89. The lowest BCUT2D eigenvalue weighted by Gasteiger charge is -2.11. The SMILES string of the molecule is CCC(CO)NC(=O)/C=C/c1cccc2ccccc12. The van der Waals surface area contributed by atoms with E-state index in [1.54, 1.807) is 0 Å². The average Bonchev–Trinajstić information content (AvgIpc) is 2.50. The molecular weight excluding hydrogens is 250 g/mol. The van der Waals surface area contributed by atoms with Gasteiger partial charge in [-0.25, -0.2) is 0 Å². The molecule has 0 spiro atoms. The van der Waals surface area contributed by atoms with Gasteiger partial charge in [-0.05, 0) is 28.8 Å². The van der Waals surface area contributed by atoms with Gasteiger partial charge in [-0.1, -0.05) is 49.4 Å². The molecule has 2 N–H and O–H groups in total. The number of rotatable bonds is 5. The first-order valence-corrected chi connectivity index (χ1v) is 6.81. The van der Waals surface area contributed by atoms with Gasteiger partial charge in [-0.2, -0.15) is 0 Å². The number of benzene rings is 2. The van der Waals surface area contributed by atoms with Crippen LogP contribution in [0.2, 0.25) is 0 Å². The molecule has 0 fully saturated rings. The number of amides is 1. The Kier molecular flexibility index (Phi) is 4.91. The van der Waals surface area contributed by atoms with Gasteiger partial charge < -0.3 is 10.4 Å². The van der Waals surface area contributed by atoms with Crippen molar-refractivity contribution in [2.45, 2.75) is 19.4 Å². The number of hydrogen-bond donors (Lipinski definition) is 2. The molecule has 0 saturated carbocycles. The molecule has 3 heteroatoms. The topological polar surface area (TPSA) is 49.3 Å². The van der Waals surface area contributed by atoms with E-state index in [4.69, 9.17) is 5.11 Å². The van der Waals surface area contributed by atoms with Crippen LogP contribution in [0.15, 0.2) is 48.5 Å². The Balaban J connectivity index is 2.15. The summed E-state index contributed by atoms with van der Waals surface area (Å²) < 4.78 is 0. The van der Waals surface area contributed by atoms with Crippen LogP contribution in [0, 0.1) is 0 Å². The molecule has 0 aliphatic rings. The predicted octanol–water partition coefficient (Wildman–Crippen LogP) is 2.74. The van der Waals surface area contributed by atoms with Crippen LogP contribution in [-0.2, 0) is 4.79 Å². The van der Waals surface area contributed by atoms with Crippen molar-refractivity contribution >= 4 is 22.8 Å². The van der Waals surface area contributed by atoms with Crippen LogP contribution in [0.3, 0.4) is 0 Å². The number of nitrogens with one attached hydrogen (secondary N) is 1. The molecule has 1 amide bonds. The standard InChI is InChI=1S/C17H19NO2/c1-2-15(12-19)18-17(20)11-10-14-8-5-7-13-6-3-4-9-16(13)14/h3-11,15,19H,2,12H2,1H3,(H,18,20)/b11-10+. The van der Waals surface area contributed by atoms with Crippen molar-refractivity contribution in [2.75, 3.05) is 6.61 Å². The highest BCUT2D eigenvalue weighted by atomic mass is 16.3. The minimum absolute atomic E-state index is 0.0374. The molecule has 0 radical (unpaired) electrons. The molecule has 0 heterocycles. The van der Waals surface area contributed by atoms with E-state index in [0.717, 1.165) is 16.3 Å². The lowest BCUT2D eigenvalue weighted by molar-refractivity contribution is -0.117. The number of carbonyl (C=O) groups excluding carboxylic acids is 1. The van der Waals surface area contributed by atoms with E-state index in [2.05, 4.69) is 5.32 Å². The van der Waals surface area contributed by atoms with Crippen LogP contribution >= 0.6 is 0 Å². The largest absolute Gasteiger partial charge is 0.394 e. The van der Waals surface area contributed by atoms with Gasteiger partial charge in [0.05, 0.1) is 12.6 Å². The molecule has 104 valence electrons. The van der Waals surface area contributed by atoms with Gasteiger partial charge in [0.1, 0.15) is 0 Å². The number of aliphatic hydroxyl groups is 1. The van der Waals surface area contributed by atoms with Crippen LogP contribution < -0.4 is 5.32 Å². The zero-order valence-electron chi connectivity index (χ0n) is 11.5. The molecule has 0 bridgehead atoms. The maximum Gasteiger partial charge on any atom is 0.244 e. The van der Waals surface area contributed by atoms with Crippen LogP contribution in [0.25, 0.3) is 16.8 Å². The van der Waals surface area contributed by atoms with E-state index in [9.17, 15) is 4.79 Å². The number of aliphatic hydroxyl groups excluding tert-OH is 1. The normalized spacial score (nSPS) is 12.7. The van der Waals surface area contributed by atoms with Crippen molar-refractivity contribution < 1.29 is 9.90 Å². The monoisotopic (exact) mass is 269 g/mol. The Morgan fingerprint density at radius 2 is 2.00 bits per heavy atom. The second-order valence-electron chi connectivity index (χ2n) is 4.70. The first kappa shape index (κ1) is 14.3. The number of fused-ring (bicyclic) bond motifs is 1. The molecule has 1 unspecified atom stereocenters. The maximum absolute atomic E-state index is 11.8. The molecule has 2 aromatic rings. The Bertz CT molecular complexity index is 610. The molecule has 2 aromatic carbocycles. The summed E-state index contributed by atoms with van der Waals surface area (Å²) in [6.07, 6.45) is 4.03. The van der Waals surface area contributed by atoms with Crippen molar-refractivity contribution in [1.82, 2.24) is 5.32 Å². The van der Waals surface area contributed by atoms with Crippen molar-refractivity contribution in [2.24, 2.45) is 0 Å². The summed E-state index contributed by atoms with van der Waals surface area (Å²) in [7, 11) is 0. The quantitative estimate of drug-likeness (QED) is 0.820. The molecule has 0 aromatic heterocycles. The smallest absolute Gasteiger partial charge is 0.244 e. The van der Waals surface area contributed by atoms with Gasteiger partial charge in [-0.3, -0.25) is 4.79 Å². The Labute approximate surface area is 118 Å². The van der Waals surface area contributed by atoms with E-state index >= 15 is 0 Å². The zero-order chi connectivity index (χ0) is 14.4. The van der Waals surface area contributed by atoms with E-state index in [-0.39, 0.29) is 18.6 Å². The van der Waals surface area contributed by atoms with Gasteiger partial charge in [0, 0.05) is 6.08 Å². The van der Waals surface area contributed by atoms with Crippen molar-refractivity contribution in [3.8, 4) is 0 Å². The summed E-state index contributed by atoms with van der Waals surface area (Å²) in [5.74, 6) is -0.182. The third-order valence-corrected chi connectivity index (χ3v) is 3.30. The van der Waals surface area contributed by atoms with E-state index in [1.807, 2.05) is 55.5 Å². The summed E-state index contributed by atoms with van der Waals surface area (Å²) in [4.78, 5) is 11.8. The van der Waals surface area contributed by atoms with Crippen molar-refractivity contribution in [3.05, 3.63) is 54.1 Å². The maximum atomic E-state index is 11.8. The number of carbonyl (C=O) groups is 1. The van der Waals surface area contributed by atoms with Gasteiger partial charge in [0.15, 0.2) is 0 Å². The first-order chi connectivity index (χ1) is 9.74. The van der Waals surface area contributed by atoms with E-state index < -0.39 is 0 Å². The molecule has 1 atom stereocenters. The Morgan fingerprint density at radius 1 is 1.25 bits per heavy atom. The second-order valence-corrected chi connectivity index (χ2v) is 4.70. The fourth-order valence-corrected chi connectivity index (χ4v) is 2.09. The van der Waals surface area contributed by atoms with Crippen molar-refractivity contribution in [3.63, 3.8) is 0 Å². The lowest BCUT2D eigenvalue weighted by atomic mass is 10.0. The molecule has 0 aliphatic carbocycles. The molecule has 0 saturated heterocycles. The van der Waals surface area contributed by atoms with Crippen molar-refractivity contribution in [1.29, 1.82) is 0 Å². The van der Waals surface area contributed by atoms with E-state index in [1.165, 1.54) is 6.08 Å². The molecule has 0 aliphatic heterocycles. The van der Waals surface area contributed by atoms with Gasteiger partial charge >= 0.3 is 0 Å². The van der Waals surface area contributed by atoms with Gasteiger partial charge in [0.25, 0.3) is 0 Å². The van der Waals surface area contributed by atoms with Gasteiger partial charge in [0.2, 0.25) is 5.91 Å². The minimum Gasteiger partial charge on any atom is -0.394 e. The fourth-order valence-electron chi connectivity index (χ4n) is 2.09. The molecular formula is C17H19NO2. The molecule has 2 rings (SSSR count). The average molecular weight is 269 g/mol. The summed E-state index contributed by atoms with van der Waals surface area (Å²) >= 11 is 0. The highest BCUT2D eigenvalue weighted by molar-refractivity contribution is 5.96.